The van der Waals surface area contributed by atoms with E-state index in [1.54, 1.807) is 16.8 Å². The van der Waals surface area contributed by atoms with Crippen LogP contribution in [-0.4, -0.2) is 44.6 Å². The van der Waals surface area contributed by atoms with Crippen molar-refractivity contribution in [3.05, 3.63) is 28.2 Å². The molecule has 0 saturated heterocycles. The summed E-state index contributed by atoms with van der Waals surface area (Å²) in [6.45, 7) is 4.68. The van der Waals surface area contributed by atoms with Crippen LogP contribution in [-0.2, 0) is 0 Å². The minimum absolute atomic E-state index is 0.179. The van der Waals surface area contributed by atoms with Gasteiger partial charge in [0.1, 0.15) is 0 Å². The summed E-state index contributed by atoms with van der Waals surface area (Å²) in [6, 6.07) is 5.72. The molecular formula is C15H23BrN4O. The number of aryl methyl sites for hydroxylation is 1. The van der Waals surface area contributed by atoms with Crippen molar-refractivity contribution in [2.45, 2.75) is 20.3 Å². The molecule has 1 aromatic rings. The second-order valence-electron chi connectivity index (χ2n) is 4.93. The number of para-hydroxylation sites is 1. The molecule has 0 heterocycles. The Hall–Kier alpha value is -1.56. The molecule has 0 bridgehead atoms. The van der Waals surface area contributed by atoms with Crippen molar-refractivity contribution < 1.29 is 4.79 Å². The van der Waals surface area contributed by atoms with Crippen molar-refractivity contribution >= 4 is 33.6 Å². The molecule has 0 aliphatic heterocycles. The van der Waals surface area contributed by atoms with Gasteiger partial charge >= 0.3 is 6.03 Å². The van der Waals surface area contributed by atoms with Crippen LogP contribution in [0.3, 0.4) is 0 Å². The molecule has 0 saturated carbocycles. The first-order valence-corrected chi connectivity index (χ1v) is 7.69. The molecule has 0 aromatic heterocycles. The Bertz CT molecular complexity index is 508. The Morgan fingerprint density at radius 3 is 2.52 bits per heavy atom. The van der Waals surface area contributed by atoms with Gasteiger partial charge in [0, 0.05) is 32.2 Å². The molecule has 0 spiro atoms. The smallest absolute Gasteiger partial charge is 0.328 e. The maximum Gasteiger partial charge on any atom is 0.328 e. The molecule has 0 aliphatic carbocycles. The summed E-state index contributed by atoms with van der Waals surface area (Å²) in [7, 11) is 5.34. The van der Waals surface area contributed by atoms with E-state index in [1.165, 1.54) is 0 Å². The van der Waals surface area contributed by atoms with Crippen LogP contribution in [0.15, 0.2) is 27.7 Å². The van der Waals surface area contributed by atoms with E-state index in [-0.39, 0.29) is 6.03 Å². The van der Waals surface area contributed by atoms with Crippen molar-refractivity contribution in [1.29, 1.82) is 0 Å². The molecule has 5 nitrogen and oxygen atoms in total. The summed E-state index contributed by atoms with van der Waals surface area (Å²) in [5, 5.41) is 2.85. The van der Waals surface area contributed by atoms with Crippen molar-refractivity contribution in [2.24, 2.45) is 4.99 Å². The van der Waals surface area contributed by atoms with Crippen LogP contribution in [0.5, 0.6) is 0 Å². The molecule has 1 aromatic carbocycles. The van der Waals surface area contributed by atoms with Crippen LogP contribution in [0.2, 0.25) is 0 Å². The number of benzene rings is 1. The topological polar surface area (TPSA) is 47.9 Å². The third-order valence-electron chi connectivity index (χ3n) is 3.00. The van der Waals surface area contributed by atoms with Crippen molar-refractivity contribution in [3.8, 4) is 0 Å². The second kappa shape index (κ2) is 8.02. The van der Waals surface area contributed by atoms with Crippen molar-refractivity contribution in [3.63, 3.8) is 0 Å². The molecule has 21 heavy (non-hydrogen) atoms. The molecule has 116 valence electrons. The third kappa shape index (κ3) is 4.46. The standard InChI is InChI=1S/C15H23BrN4O/c1-6-10-20(13-11(2)8-7-9-12(13)16)15(21)18-14(17-3)19(4)5/h7-9H,6,10H2,1-5H3,(H,17,18,21). The van der Waals surface area contributed by atoms with Crippen molar-refractivity contribution in [2.75, 3.05) is 32.6 Å². The summed E-state index contributed by atoms with van der Waals surface area (Å²) >= 11 is 3.54. The molecule has 6 heteroatoms. The zero-order valence-electron chi connectivity index (χ0n) is 13.3. The largest absolute Gasteiger partial charge is 0.349 e. The Labute approximate surface area is 135 Å². The minimum Gasteiger partial charge on any atom is -0.349 e. The van der Waals surface area contributed by atoms with Crippen molar-refractivity contribution in [1.82, 2.24) is 10.2 Å². The summed E-state index contributed by atoms with van der Waals surface area (Å²) in [5.41, 5.74) is 1.94. The van der Waals surface area contributed by atoms with Gasteiger partial charge in [0.15, 0.2) is 0 Å². The van der Waals surface area contributed by atoms with Crippen LogP contribution in [0.25, 0.3) is 0 Å². The lowest BCUT2D eigenvalue weighted by Gasteiger charge is -2.27. The summed E-state index contributed by atoms with van der Waals surface area (Å²) in [6.07, 6.45) is 0.870. The highest BCUT2D eigenvalue weighted by atomic mass is 79.9. The minimum atomic E-state index is -0.179. The maximum absolute atomic E-state index is 12.6. The highest BCUT2D eigenvalue weighted by Crippen LogP contribution is 2.30. The molecule has 0 radical (unpaired) electrons. The zero-order valence-corrected chi connectivity index (χ0v) is 14.9. The summed E-state index contributed by atoms with van der Waals surface area (Å²) in [4.78, 5) is 20.2. The van der Waals surface area contributed by atoms with Gasteiger partial charge in [-0.05, 0) is 40.9 Å². The molecule has 1 N–H and O–H groups in total. The van der Waals surface area contributed by atoms with Crippen LogP contribution in [0.4, 0.5) is 10.5 Å². The number of carbonyl (C=O) groups excluding carboxylic acids is 1. The molecule has 0 unspecified atom stereocenters. The fourth-order valence-corrected chi connectivity index (χ4v) is 2.71. The molecule has 0 aliphatic rings. The Morgan fingerprint density at radius 2 is 2.05 bits per heavy atom. The third-order valence-corrected chi connectivity index (χ3v) is 3.64. The van der Waals surface area contributed by atoms with E-state index in [9.17, 15) is 4.79 Å². The quantitative estimate of drug-likeness (QED) is 0.669. The number of hydrogen-bond donors (Lipinski definition) is 1. The number of aliphatic imine (C=N–C) groups is 1. The Kier molecular flexibility index (Phi) is 6.68. The van der Waals surface area contributed by atoms with Gasteiger partial charge in [-0.2, -0.15) is 0 Å². The lowest BCUT2D eigenvalue weighted by atomic mass is 10.2. The van der Waals surface area contributed by atoms with Gasteiger partial charge in [-0.3, -0.25) is 15.2 Å². The number of nitrogens with one attached hydrogen (secondary N) is 1. The number of anilines is 1. The SMILES string of the molecule is CCCN(C(=O)NC(=NC)N(C)C)c1c(C)cccc1Br. The number of rotatable bonds is 3. The lowest BCUT2D eigenvalue weighted by molar-refractivity contribution is 0.249. The number of nitrogens with zero attached hydrogens (tertiary/aromatic N) is 3. The van der Waals surface area contributed by atoms with Crippen LogP contribution in [0, 0.1) is 6.92 Å². The first-order valence-electron chi connectivity index (χ1n) is 6.90. The van der Waals surface area contributed by atoms with E-state index in [0.717, 1.165) is 22.1 Å². The van der Waals surface area contributed by atoms with Gasteiger partial charge in [0.2, 0.25) is 5.96 Å². The number of halogens is 1. The van der Waals surface area contributed by atoms with E-state index < -0.39 is 0 Å². The van der Waals surface area contributed by atoms with Crippen LogP contribution in [0.1, 0.15) is 18.9 Å². The summed E-state index contributed by atoms with van der Waals surface area (Å²) in [5.74, 6) is 0.533. The van der Waals surface area contributed by atoms with Crippen LogP contribution < -0.4 is 10.2 Å². The number of guanidine groups is 1. The average molecular weight is 355 g/mol. The Balaban J connectivity index is 3.10. The number of carbonyl (C=O) groups is 1. The maximum atomic E-state index is 12.6. The average Bonchev–Trinajstić information content (AvgIpc) is 2.42. The fraction of sp³-hybridized carbons (Fsp3) is 0.467. The summed E-state index contributed by atoms with van der Waals surface area (Å²) < 4.78 is 0.908. The number of hydrogen-bond acceptors (Lipinski definition) is 2. The predicted molar refractivity (Wildman–Crippen MR) is 92.1 cm³/mol. The van der Waals surface area contributed by atoms with E-state index >= 15 is 0 Å². The highest BCUT2D eigenvalue weighted by Gasteiger charge is 2.20. The number of amides is 2. The molecule has 0 fully saturated rings. The van der Waals surface area contributed by atoms with Gasteiger partial charge < -0.3 is 4.90 Å². The number of urea groups is 1. The van der Waals surface area contributed by atoms with E-state index in [2.05, 4.69) is 26.2 Å². The van der Waals surface area contributed by atoms with Gasteiger partial charge in [0.05, 0.1) is 5.69 Å². The monoisotopic (exact) mass is 354 g/mol. The van der Waals surface area contributed by atoms with E-state index in [4.69, 9.17) is 0 Å². The molecular weight excluding hydrogens is 332 g/mol. The zero-order chi connectivity index (χ0) is 16.0. The van der Waals surface area contributed by atoms with Gasteiger partial charge in [0.25, 0.3) is 0 Å². The molecule has 2 amide bonds. The predicted octanol–water partition coefficient (Wildman–Crippen LogP) is 3.23. The molecule has 0 atom stereocenters. The normalized spacial score (nSPS) is 11.2. The van der Waals surface area contributed by atoms with E-state index in [1.807, 2.05) is 46.1 Å². The Morgan fingerprint density at radius 1 is 1.38 bits per heavy atom. The van der Waals surface area contributed by atoms with E-state index in [0.29, 0.717) is 12.5 Å². The highest BCUT2D eigenvalue weighted by molar-refractivity contribution is 9.10. The lowest BCUT2D eigenvalue weighted by Crippen LogP contribution is -2.48. The van der Waals surface area contributed by atoms with Gasteiger partial charge in [-0.25, -0.2) is 4.79 Å². The fourth-order valence-electron chi connectivity index (χ4n) is 2.03. The first-order chi connectivity index (χ1) is 9.92. The first kappa shape index (κ1) is 17.5. The molecule has 1 rings (SSSR count). The van der Waals surface area contributed by atoms with Gasteiger partial charge in [-0.15, -0.1) is 0 Å². The van der Waals surface area contributed by atoms with Crippen LogP contribution >= 0.6 is 15.9 Å². The van der Waals surface area contributed by atoms with Gasteiger partial charge in [-0.1, -0.05) is 19.1 Å². The second-order valence-corrected chi connectivity index (χ2v) is 5.78.